The number of carbonyl (C=O) groups is 1. The fourth-order valence-electron chi connectivity index (χ4n) is 2.22. The quantitative estimate of drug-likeness (QED) is 0.886. The Balaban J connectivity index is 2.18. The average Bonchev–Trinajstić information content (AvgIpc) is 2.70. The highest BCUT2D eigenvalue weighted by Crippen LogP contribution is 2.22. The maximum atomic E-state index is 12.3. The van der Waals surface area contributed by atoms with Crippen molar-refractivity contribution < 1.29 is 4.79 Å². The molecular weight excluding hydrogens is 226 g/mol. The van der Waals surface area contributed by atoms with Gasteiger partial charge in [-0.1, -0.05) is 31.2 Å². The highest BCUT2D eigenvalue weighted by Gasteiger charge is 2.28. The van der Waals surface area contributed by atoms with Gasteiger partial charge in [0.25, 0.3) is 5.91 Å². The number of allylic oxidation sites excluding steroid dienone is 2. The molecule has 2 rings (SSSR count). The first kappa shape index (κ1) is 12.6. The van der Waals surface area contributed by atoms with Gasteiger partial charge in [-0.3, -0.25) is 9.48 Å². The molecule has 0 saturated heterocycles. The molecule has 1 aliphatic carbocycles. The monoisotopic (exact) mass is 245 g/mol. The SMILES string of the molecule is CC[C@]1(NC(=O)c2cn(C)nc2C)C=CC=CC1. The molecule has 0 unspecified atom stereocenters. The van der Waals surface area contributed by atoms with E-state index >= 15 is 0 Å². The van der Waals surface area contributed by atoms with E-state index in [9.17, 15) is 4.79 Å². The highest BCUT2D eigenvalue weighted by atomic mass is 16.1. The summed E-state index contributed by atoms with van der Waals surface area (Å²) >= 11 is 0. The van der Waals surface area contributed by atoms with E-state index in [1.54, 1.807) is 10.9 Å². The fraction of sp³-hybridized carbons (Fsp3) is 0.429. The topological polar surface area (TPSA) is 46.9 Å². The summed E-state index contributed by atoms with van der Waals surface area (Å²) < 4.78 is 1.67. The lowest BCUT2D eigenvalue weighted by molar-refractivity contribution is 0.0914. The van der Waals surface area contributed by atoms with E-state index in [2.05, 4.69) is 29.5 Å². The molecule has 1 amide bonds. The predicted octanol–water partition coefficient (Wildman–Crippen LogP) is 2.12. The minimum Gasteiger partial charge on any atom is -0.343 e. The predicted molar refractivity (Wildman–Crippen MR) is 71.3 cm³/mol. The summed E-state index contributed by atoms with van der Waals surface area (Å²) in [6, 6.07) is 0. The fourth-order valence-corrected chi connectivity index (χ4v) is 2.22. The molecule has 1 N–H and O–H groups in total. The van der Waals surface area contributed by atoms with Crippen LogP contribution in [-0.4, -0.2) is 21.2 Å². The van der Waals surface area contributed by atoms with Crippen molar-refractivity contribution in [1.82, 2.24) is 15.1 Å². The molecule has 0 radical (unpaired) electrons. The van der Waals surface area contributed by atoms with Crippen LogP contribution in [-0.2, 0) is 7.05 Å². The van der Waals surface area contributed by atoms with Crippen LogP contribution in [0.15, 0.2) is 30.5 Å². The standard InChI is InChI=1S/C14H19N3O/c1-4-14(8-6-5-7-9-14)15-13(18)12-10-17(3)16-11(12)2/h5-8,10H,4,9H2,1-3H3,(H,15,18)/t14-/m0/s1. The molecule has 18 heavy (non-hydrogen) atoms. The summed E-state index contributed by atoms with van der Waals surface area (Å²) in [4.78, 5) is 12.3. The maximum absolute atomic E-state index is 12.3. The van der Waals surface area contributed by atoms with Crippen molar-refractivity contribution >= 4 is 5.91 Å². The molecule has 4 nitrogen and oxygen atoms in total. The lowest BCUT2D eigenvalue weighted by atomic mass is 9.88. The smallest absolute Gasteiger partial charge is 0.255 e. The van der Waals surface area contributed by atoms with Gasteiger partial charge < -0.3 is 5.32 Å². The third-order valence-electron chi connectivity index (χ3n) is 3.40. The third kappa shape index (κ3) is 2.37. The van der Waals surface area contributed by atoms with Gasteiger partial charge in [0.1, 0.15) is 0 Å². The van der Waals surface area contributed by atoms with E-state index < -0.39 is 0 Å². The Morgan fingerprint density at radius 3 is 2.83 bits per heavy atom. The zero-order valence-corrected chi connectivity index (χ0v) is 11.1. The van der Waals surface area contributed by atoms with Crippen molar-refractivity contribution in [3.63, 3.8) is 0 Å². The third-order valence-corrected chi connectivity index (χ3v) is 3.40. The number of rotatable bonds is 3. The van der Waals surface area contributed by atoms with Crippen LogP contribution >= 0.6 is 0 Å². The van der Waals surface area contributed by atoms with Crippen molar-refractivity contribution in [2.75, 3.05) is 0 Å². The second kappa shape index (κ2) is 4.80. The number of nitrogens with one attached hydrogen (secondary N) is 1. The van der Waals surface area contributed by atoms with Crippen molar-refractivity contribution in [1.29, 1.82) is 0 Å². The van der Waals surface area contributed by atoms with Crippen LogP contribution in [0.1, 0.15) is 35.8 Å². The Hall–Kier alpha value is -1.84. The Morgan fingerprint density at radius 1 is 1.56 bits per heavy atom. The molecule has 1 aromatic rings. The number of hydrogen-bond acceptors (Lipinski definition) is 2. The lowest BCUT2D eigenvalue weighted by Crippen LogP contribution is -2.46. The summed E-state index contributed by atoms with van der Waals surface area (Å²) in [6.45, 7) is 3.93. The van der Waals surface area contributed by atoms with Crippen LogP contribution in [0.4, 0.5) is 0 Å². The molecule has 0 fully saturated rings. The van der Waals surface area contributed by atoms with Crippen LogP contribution in [0.25, 0.3) is 0 Å². The number of carbonyl (C=O) groups excluding carboxylic acids is 1. The minimum atomic E-state index is -0.256. The van der Waals surface area contributed by atoms with Crippen LogP contribution in [0.5, 0.6) is 0 Å². The molecule has 0 aliphatic heterocycles. The average molecular weight is 245 g/mol. The maximum Gasteiger partial charge on any atom is 0.255 e. The first-order valence-corrected chi connectivity index (χ1v) is 6.23. The van der Waals surface area contributed by atoms with Crippen molar-refractivity contribution in [3.05, 3.63) is 41.8 Å². The van der Waals surface area contributed by atoms with Gasteiger partial charge in [-0.2, -0.15) is 5.10 Å². The van der Waals surface area contributed by atoms with E-state index in [0.717, 1.165) is 18.5 Å². The van der Waals surface area contributed by atoms with Crippen LogP contribution in [0.2, 0.25) is 0 Å². The van der Waals surface area contributed by atoms with E-state index in [1.807, 2.05) is 26.1 Å². The molecular formula is C14H19N3O. The molecule has 96 valence electrons. The van der Waals surface area contributed by atoms with Gasteiger partial charge in [0.05, 0.1) is 16.8 Å². The summed E-state index contributed by atoms with van der Waals surface area (Å²) in [6.07, 6.45) is 11.6. The Labute approximate surface area is 107 Å². The zero-order chi connectivity index (χ0) is 13.2. The molecule has 1 atom stereocenters. The second-order valence-electron chi connectivity index (χ2n) is 4.76. The van der Waals surface area contributed by atoms with E-state index in [4.69, 9.17) is 0 Å². The van der Waals surface area contributed by atoms with Gasteiger partial charge in [0, 0.05) is 13.2 Å². The van der Waals surface area contributed by atoms with Crippen LogP contribution in [0, 0.1) is 6.92 Å². The Kier molecular flexibility index (Phi) is 3.36. The first-order valence-electron chi connectivity index (χ1n) is 6.23. The summed E-state index contributed by atoms with van der Waals surface area (Å²) in [5.41, 5.74) is 1.15. The minimum absolute atomic E-state index is 0.0533. The number of nitrogens with zero attached hydrogens (tertiary/aromatic N) is 2. The molecule has 0 saturated carbocycles. The normalized spacial score (nSPS) is 22.2. The van der Waals surface area contributed by atoms with Gasteiger partial charge in [-0.05, 0) is 19.8 Å². The van der Waals surface area contributed by atoms with Crippen LogP contribution in [0.3, 0.4) is 0 Å². The lowest BCUT2D eigenvalue weighted by Gasteiger charge is -2.31. The zero-order valence-electron chi connectivity index (χ0n) is 11.1. The molecule has 1 aromatic heterocycles. The summed E-state index contributed by atoms with van der Waals surface area (Å²) in [5.74, 6) is -0.0533. The van der Waals surface area contributed by atoms with E-state index in [-0.39, 0.29) is 11.4 Å². The Morgan fingerprint density at radius 2 is 2.33 bits per heavy atom. The van der Waals surface area contributed by atoms with Crippen molar-refractivity contribution in [3.8, 4) is 0 Å². The molecule has 4 heteroatoms. The molecule has 1 heterocycles. The molecule has 0 bridgehead atoms. The van der Waals surface area contributed by atoms with Gasteiger partial charge in [0.2, 0.25) is 0 Å². The Bertz CT molecular complexity index is 513. The molecule has 0 aromatic carbocycles. The largest absolute Gasteiger partial charge is 0.343 e. The number of amides is 1. The number of aromatic nitrogens is 2. The molecule has 1 aliphatic rings. The summed E-state index contributed by atoms with van der Waals surface area (Å²) in [7, 11) is 1.82. The van der Waals surface area contributed by atoms with Gasteiger partial charge in [-0.25, -0.2) is 0 Å². The van der Waals surface area contributed by atoms with Gasteiger partial charge >= 0.3 is 0 Å². The summed E-state index contributed by atoms with van der Waals surface area (Å²) in [5, 5.41) is 7.32. The van der Waals surface area contributed by atoms with Crippen LogP contribution < -0.4 is 5.32 Å². The van der Waals surface area contributed by atoms with Crippen molar-refractivity contribution in [2.45, 2.75) is 32.2 Å². The first-order chi connectivity index (χ1) is 8.56. The number of hydrogen-bond donors (Lipinski definition) is 1. The van der Waals surface area contributed by atoms with Crippen molar-refractivity contribution in [2.24, 2.45) is 7.05 Å². The highest BCUT2D eigenvalue weighted by molar-refractivity contribution is 5.95. The second-order valence-corrected chi connectivity index (χ2v) is 4.76. The van der Waals surface area contributed by atoms with Gasteiger partial charge in [-0.15, -0.1) is 0 Å². The van der Waals surface area contributed by atoms with E-state index in [1.165, 1.54) is 0 Å². The molecule has 0 spiro atoms. The van der Waals surface area contributed by atoms with E-state index in [0.29, 0.717) is 5.56 Å². The van der Waals surface area contributed by atoms with Gasteiger partial charge in [0.15, 0.2) is 0 Å². The number of aryl methyl sites for hydroxylation is 2.